The summed E-state index contributed by atoms with van der Waals surface area (Å²) >= 11 is 0. The van der Waals surface area contributed by atoms with Crippen LogP contribution in [0.3, 0.4) is 0 Å². The van der Waals surface area contributed by atoms with Gasteiger partial charge in [-0.3, -0.25) is 14.3 Å². The highest BCUT2D eigenvalue weighted by Gasteiger charge is 2.21. The highest BCUT2D eigenvalue weighted by atomic mass is 16.6. The van der Waals surface area contributed by atoms with Gasteiger partial charge in [-0.25, -0.2) is 9.61 Å². The summed E-state index contributed by atoms with van der Waals surface area (Å²) in [6.45, 7) is 7.64. The Morgan fingerprint density at radius 2 is 2.13 bits per heavy atom. The highest BCUT2D eigenvalue weighted by molar-refractivity contribution is 5.04. The first kappa shape index (κ1) is 15.9. The fourth-order valence-electron chi connectivity index (χ4n) is 2.98. The summed E-state index contributed by atoms with van der Waals surface area (Å²) in [5.41, 5.74) is 1.79. The summed E-state index contributed by atoms with van der Waals surface area (Å²) in [5, 5.41) is 7.48. The van der Waals surface area contributed by atoms with Gasteiger partial charge in [-0.1, -0.05) is 24.2 Å². The van der Waals surface area contributed by atoms with Gasteiger partial charge in [-0.05, 0) is 37.8 Å². The van der Waals surface area contributed by atoms with Crippen LogP contribution in [0.2, 0.25) is 0 Å². The van der Waals surface area contributed by atoms with Gasteiger partial charge >= 0.3 is 0 Å². The normalized spacial score (nSPS) is 17.0. The highest BCUT2D eigenvalue weighted by Crippen LogP contribution is 2.20. The van der Waals surface area contributed by atoms with Gasteiger partial charge in [0.2, 0.25) is 0 Å². The summed E-state index contributed by atoms with van der Waals surface area (Å²) in [6.07, 6.45) is 5.51. The lowest BCUT2D eigenvalue weighted by molar-refractivity contribution is 0.162. The summed E-state index contributed by atoms with van der Waals surface area (Å²) < 4.78 is 6.37. The molecule has 124 valence electrons. The van der Waals surface area contributed by atoms with Crippen LogP contribution in [0.15, 0.2) is 28.0 Å². The average Bonchev–Trinajstić information content (AvgIpc) is 3.04. The molecule has 7 heteroatoms. The molecule has 1 aliphatic rings. The van der Waals surface area contributed by atoms with E-state index in [-0.39, 0.29) is 11.5 Å². The first-order valence-electron chi connectivity index (χ1n) is 8.17. The number of hydrogen-bond acceptors (Lipinski definition) is 6. The lowest BCUT2D eigenvalue weighted by atomic mass is 9.96. The SMILES string of the molecule is CC(C)c1cc(=O)n(CC2CCN(Cc3cnon3)CC2)cn1. The smallest absolute Gasteiger partial charge is 0.253 e. The predicted octanol–water partition coefficient (Wildman–Crippen LogP) is 1.66. The van der Waals surface area contributed by atoms with Crippen molar-refractivity contribution in [2.75, 3.05) is 13.1 Å². The molecule has 3 rings (SSSR count). The van der Waals surface area contributed by atoms with Crippen LogP contribution in [-0.4, -0.2) is 37.9 Å². The van der Waals surface area contributed by atoms with Crippen molar-refractivity contribution in [1.82, 2.24) is 24.8 Å². The fourth-order valence-corrected chi connectivity index (χ4v) is 2.98. The van der Waals surface area contributed by atoms with E-state index in [0.29, 0.717) is 5.92 Å². The standard InChI is InChI=1S/C16H23N5O2/c1-12(2)15-7-16(22)21(11-17-15)9-13-3-5-20(6-4-13)10-14-8-18-23-19-14/h7-8,11-13H,3-6,9-10H2,1-2H3. The van der Waals surface area contributed by atoms with Crippen LogP contribution in [0.5, 0.6) is 0 Å². The van der Waals surface area contributed by atoms with Gasteiger partial charge in [-0.15, -0.1) is 0 Å². The average molecular weight is 317 g/mol. The molecule has 0 atom stereocenters. The van der Waals surface area contributed by atoms with E-state index >= 15 is 0 Å². The number of piperidine rings is 1. The van der Waals surface area contributed by atoms with Crippen molar-refractivity contribution in [3.63, 3.8) is 0 Å². The molecular formula is C16H23N5O2. The van der Waals surface area contributed by atoms with Crippen molar-refractivity contribution in [1.29, 1.82) is 0 Å². The molecule has 0 spiro atoms. The fraction of sp³-hybridized carbons (Fsp3) is 0.625. The third-order valence-electron chi connectivity index (χ3n) is 4.45. The van der Waals surface area contributed by atoms with Crippen LogP contribution in [-0.2, 0) is 13.1 Å². The molecule has 0 saturated carbocycles. The van der Waals surface area contributed by atoms with Gasteiger partial charge in [-0.2, -0.15) is 0 Å². The topological polar surface area (TPSA) is 77.0 Å². The van der Waals surface area contributed by atoms with Gasteiger partial charge < -0.3 is 0 Å². The summed E-state index contributed by atoms with van der Waals surface area (Å²) in [5.74, 6) is 0.803. The Hall–Kier alpha value is -2.02. The van der Waals surface area contributed by atoms with E-state index in [9.17, 15) is 4.79 Å². The number of hydrogen-bond donors (Lipinski definition) is 0. The number of nitrogens with zero attached hydrogens (tertiary/aromatic N) is 5. The van der Waals surface area contributed by atoms with Gasteiger partial charge in [0.15, 0.2) is 0 Å². The largest absolute Gasteiger partial charge is 0.299 e. The third kappa shape index (κ3) is 4.04. The molecule has 0 unspecified atom stereocenters. The van der Waals surface area contributed by atoms with E-state index in [1.807, 2.05) is 13.8 Å². The van der Waals surface area contributed by atoms with E-state index in [4.69, 9.17) is 0 Å². The van der Waals surface area contributed by atoms with Gasteiger partial charge in [0.05, 0.1) is 18.2 Å². The van der Waals surface area contributed by atoms with Gasteiger partial charge in [0.1, 0.15) is 5.69 Å². The minimum atomic E-state index is 0.0554. The molecule has 0 aliphatic carbocycles. The van der Waals surface area contributed by atoms with Crippen molar-refractivity contribution < 1.29 is 4.63 Å². The molecule has 1 saturated heterocycles. The Morgan fingerprint density at radius 1 is 1.35 bits per heavy atom. The van der Waals surface area contributed by atoms with E-state index < -0.39 is 0 Å². The second-order valence-corrected chi connectivity index (χ2v) is 6.58. The third-order valence-corrected chi connectivity index (χ3v) is 4.45. The van der Waals surface area contributed by atoms with E-state index in [0.717, 1.165) is 50.4 Å². The molecule has 7 nitrogen and oxygen atoms in total. The Morgan fingerprint density at radius 3 is 2.74 bits per heavy atom. The summed E-state index contributed by atoms with van der Waals surface area (Å²) in [7, 11) is 0. The summed E-state index contributed by atoms with van der Waals surface area (Å²) in [6, 6.07) is 1.66. The van der Waals surface area contributed by atoms with Crippen molar-refractivity contribution >= 4 is 0 Å². The van der Waals surface area contributed by atoms with E-state index in [2.05, 4.69) is 24.8 Å². The Labute approximate surface area is 135 Å². The number of aromatic nitrogens is 4. The molecule has 3 heterocycles. The van der Waals surface area contributed by atoms with Crippen molar-refractivity contribution in [3.05, 3.63) is 40.3 Å². The zero-order valence-corrected chi connectivity index (χ0v) is 13.7. The second kappa shape index (κ2) is 7.04. The first-order chi connectivity index (χ1) is 11.1. The second-order valence-electron chi connectivity index (χ2n) is 6.58. The summed E-state index contributed by atoms with van der Waals surface area (Å²) in [4.78, 5) is 18.9. The van der Waals surface area contributed by atoms with E-state index in [1.165, 1.54) is 0 Å². The molecule has 2 aromatic rings. The maximum absolute atomic E-state index is 12.2. The van der Waals surface area contributed by atoms with Crippen LogP contribution in [0.1, 0.15) is 44.0 Å². The molecule has 0 amide bonds. The predicted molar refractivity (Wildman–Crippen MR) is 84.9 cm³/mol. The maximum atomic E-state index is 12.2. The van der Waals surface area contributed by atoms with Crippen LogP contribution in [0, 0.1) is 5.92 Å². The Bertz CT molecular complexity index is 672. The van der Waals surface area contributed by atoms with Gasteiger partial charge in [0.25, 0.3) is 5.56 Å². The molecule has 1 fully saturated rings. The molecule has 0 radical (unpaired) electrons. The molecule has 0 aromatic carbocycles. The quantitative estimate of drug-likeness (QED) is 0.835. The Balaban J connectivity index is 1.53. The van der Waals surface area contributed by atoms with Crippen LogP contribution < -0.4 is 5.56 Å². The molecule has 2 aromatic heterocycles. The van der Waals surface area contributed by atoms with Gasteiger partial charge in [0, 0.05) is 19.2 Å². The monoisotopic (exact) mass is 317 g/mol. The molecule has 23 heavy (non-hydrogen) atoms. The number of rotatable bonds is 5. The molecule has 0 bridgehead atoms. The molecule has 0 N–H and O–H groups in total. The molecular weight excluding hydrogens is 294 g/mol. The molecule has 1 aliphatic heterocycles. The van der Waals surface area contributed by atoms with E-state index in [1.54, 1.807) is 23.2 Å². The van der Waals surface area contributed by atoms with Crippen LogP contribution >= 0.6 is 0 Å². The lowest BCUT2D eigenvalue weighted by Crippen LogP contribution is -2.36. The minimum absolute atomic E-state index is 0.0554. The van der Waals surface area contributed by atoms with Crippen LogP contribution in [0.4, 0.5) is 0 Å². The number of likely N-dealkylation sites (tertiary alicyclic amines) is 1. The van der Waals surface area contributed by atoms with Crippen molar-refractivity contribution in [2.24, 2.45) is 5.92 Å². The van der Waals surface area contributed by atoms with Crippen molar-refractivity contribution in [3.8, 4) is 0 Å². The Kier molecular flexibility index (Phi) is 4.85. The maximum Gasteiger partial charge on any atom is 0.253 e. The zero-order valence-electron chi connectivity index (χ0n) is 13.7. The van der Waals surface area contributed by atoms with Crippen molar-refractivity contribution in [2.45, 2.75) is 45.7 Å². The lowest BCUT2D eigenvalue weighted by Gasteiger charge is -2.31. The first-order valence-corrected chi connectivity index (χ1v) is 8.17. The zero-order chi connectivity index (χ0) is 16.2. The minimum Gasteiger partial charge on any atom is -0.299 e. The van der Waals surface area contributed by atoms with Crippen LogP contribution in [0.25, 0.3) is 0 Å².